The van der Waals surface area contributed by atoms with E-state index >= 15 is 0 Å². The minimum Gasteiger partial charge on any atom is -0.363 e. The minimum absolute atomic E-state index is 0.0182. The first-order chi connectivity index (χ1) is 5.20. The molecule has 1 rings (SSSR count). The molecule has 6 heteroatoms. The Hall–Kier alpha value is -1.46. The van der Waals surface area contributed by atoms with Crippen molar-refractivity contribution in [1.82, 2.24) is 5.16 Å². The van der Waals surface area contributed by atoms with Crippen molar-refractivity contribution in [2.24, 2.45) is 0 Å². The third kappa shape index (κ3) is 1.99. The lowest BCUT2D eigenvalue weighted by atomic mass is 10.5. The number of aromatic nitrogens is 1. The minimum atomic E-state index is -3.04. The molecule has 1 aromatic rings. The summed E-state index contributed by atoms with van der Waals surface area (Å²) in [5.74, 6) is -1.41. The monoisotopic (exact) mass is 162 g/mol. The zero-order chi connectivity index (χ0) is 8.27. The molecule has 1 amide bonds. The Morgan fingerprint density at radius 2 is 2.45 bits per heavy atom. The summed E-state index contributed by atoms with van der Waals surface area (Å²) < 4.78 is 27.4. The maximum absolute atomic E-state index is 11.5. The van der Waals surface area contributed by atoms with Crippen molar-refractivity contribution in [3.63, 3.8) is 0 Å². The van der Waals surface area contributed by atoms with Crippen LogP contribution in [-0.4, -0.2) is 17.5 Å². The zero-order valence-electron chi connectivity index (χ0n) is 5.25. The van der Waals surface area contributed by atoms with Crippen molar-refractivity contribution < 1.29 is 18.1 Å². The van der Waals surface area contributed by atoms with E-state index in [1.54, 1.807) is 0 Å². The summed E-state index contributed by atoms with van der Waals surface area (Å²) in [5.41, 5.74) is 0. The van der Waals surface area contributed by atoms with E-state index in [0.717, 1.165) is 0 Å². The van der Waals surface area contributed by atoms with Crippen molar-refractivity contribution >= 4 is 11.7 Å². The van der Waals surface area contributed by atoms with Crippen LogP contribution < -0.4 is 5.32 Å². The number of anilines is 1. The first-order valence-corrected chi connectivity index (χ1v) is 2.69. The van der Waals surface area contributed by atoms with Gasteiger partial charge in [0.2, 0.25) is 0 Å². The van der Waals surface area contributed by atoms with Crippen LogP contribution in [0.25, 0.3) is 0 Å². The second kappa shape index (κ2) is 3.09. The van der Waals surface area contributed by atoms with Crippen LogP contribution in [0.1, 0.15) is 0 Å². The highest BCUT2D eigenvalue weighted by Crippen LogP contribution is 2.03. The van der Waals surface area contributed by atoms with Gasteiger partial charge in [-0.1, -0.05) is 5.16 Å². The van der Waals surface area contributed by atoms with Crippen LogP contribution >= 0.6 is 0 Å². The second-order valence-corrected chi connectivity index (χ2v) is 1.67. The summed E-state index contributed by atoms with van der Waals surface area (Å²) in [6.07, 6.45) is -1.87. The van der Waals surface area contributed by atoms with Gasteiger partial charge in [0.05, 0.1) is 0 Å². The van der Waals surface area contributed by atoms with E-state index in [-0.39, 0.29) is 5.82 Å². The van der Waals surface area contributed by atoms with Crippen molar-refractivity contribution in [2.45, 2.75) is 6.43 Å². The van der Waals surface area contributed by atoms with Crippen LogP contribution in [0.4, 0.5) is 14.6 Å². The Balaban J connectivity index is 2.50. The van der Waals surface area contributed by atoms with E-state index in [4.69, 9.17) is 0 Å². The molecule has 0 atom stereocenters. The van der Waals surface area contributed by atoms with Gasteiger partial charge in [0, 0.05) is 6.07 Å². The first kappa shape index (κ1) is 7.64. The normalized spacial score (nSPS) is 10.1. The highest BCUT2D eigenvalue weighted by atomic mass is 19.3. The van der Waals surface area contributed by atoms with Crippen LogP contribution in [0.3, 0.4) is 0 Å². The Kier molecular flexibility index (Phi) is 2.15. The Morgan fingerprint density at radius 1 is 1.73 bits per heavy atom. The van der Waals surface area contributed by atoms with E-state index in [2.05, 4.69) is 9.68 Å². The number of nitrogens with zero attached hydrogens (tertiary/aromatic N) is 1. The van der Waals surface area contributed by atoms with Crippen LogP contribution in [0.15, 0.2) is 16.9 Å². The van der Waals surface area contributed by atoms with Gasteiger partial charge in [-0.05, 0) is 0 Å². The summed E-state index contributed by atoms with van der Waals surface area (Å²) in [6.45, 7) is 0. The molecule has 0 aliphatic carbocycles. The molecule has 0 fully saturated rings. The lowest BCUT2D eigenvalue weighted by Gasteiger charge is -1.96. The molecule has 0 bridgehead atoms. The third-order valence-electron chi connectivity index (χ3n) is 0.887. The van der Waals surface area contributed by atoms with E-state index in [0.29, 0.717) is 0 Å². The number of alkyl halides is 2. The predicted octanol–water partition coefficient (Wildman–Crippen LogP) is 0.878. The van der Waals surface area contributed by atoms with Gasteiger partial charge in [0.15, 0.2) is 5.82 Å². The van der Waals surface area contributed by atoms with E-state index in [1.807, 2.05) is 5.32 Å². The summed E-state index contributed by atoms with van der Waals surface area (Å²) >= 11 is 0. The highest BCUT2D eigenvalue weighted by Gasteiger charge is 2.15. The number of amides is 1. The molecule has 0 aliphatic heterocycles. The maximum atomic E-state index is 11.5. The summed E-state index contributed by atoms with van der Waals surface area (Å²) in [7, 11) is 0. The predicted molar refractivity (Wildman–Crippen MR) is 31.1 cm³/mol. The fraction of sp³-hybridized carbons (Fsp3) is 0.200. The highest BCUT2D eigenvalue weighted by molar-refractivity contribution is 5.91. The van der Waals surface area contributed by atoms with Gasteiger partial charge in [-0.2, -0.15) is 8.78 Å². The number of hydrogen-bond donors (Lipinski definition) is 1. The molecular formula is C5H4F2N2O2. The molecule has 0 radical (unpaired) electrons. The van der Waals surface area contributed by atoms with Crippen LogP contribution in [0, 0.1) is 0 Å². The van der Waals surface area contributed by atoms with Gasteiger partial charge >= 0.3 is 6.43 Å². The SMILES string of the molecule is O=C(Nc1ccon1)C(F)F. The molecule has 4 nitrogen and oxygen atoms in total. The number of carbonyl (C=O) groups excluding carboxylic acids is 1. The molecule has 1 N–H and O–H groups in total. The molecular weight excluding hydrogens is 158 g/mol. The number of rotatable bonds is 2. The summed E-state index contributed by atoms with van der Waals surface area (Å²) in [4.78, 5) is 10.3. The molecule has 1 aromatic heterocycles. The van der Waals surface area contributed by atoms with E-state index < -0.39 is 12.3 Å². The first-order valence-electron chi connectivity index (χ1n) is 2.69. The second-order valence-electron chi connectivity index (χ2n) is 1.67. The fourth-order valence-corrected chi connectivity index (χ4v) is 0.458. The number of nitrogens with one attached hydrogen (secondary N) is 1. The standard InChI is InChI=1S/C5H4F2N2O2/c6-4(7)5(10)8-3-1-2-11-9-3/h1-2,4H,(H,8,9,10). The summed E-state index contributed by atoms with van der Waals surface area (Å²) in [5, 5.41) is 5.03. The average molecular weight is 162 g/mol. The quantitative estimate of drug-likeness (QED) is 0.702. The lowest BCUT2D eigenvalue weighted by Crippen LogP contribution is -2.20. The fourth-order valence-electron chi connectivity index (χ4n) is 0.458. The zero-order valence-corrected chi connectivity index (χ0v) is 5.25. The van der Waals surface area contributed by atoms with Crippen LogP contribution in [0.2, 0.25) is 0 Å². The smallest absolute Gasteiger partial charge is 0.315 e. The molecule has 0 unspecified atom stereocenters. The lowest BCUT2D eigenvalue weighted by molar-refractivity contribution is -0.126. The van der Waals surface area contributed by atoms with Gasteiger partial charge in [-0.15, -0.1) is 0 Å². The Bertz CT molecular complexity index is 235. The van der Waals surface area contributed by atoms with Gasteiger partial charge in [0.1, 0.15) is 6.26 Å². The van der Waals surface area contributed by atoms with Crippen molar-refractivity contribution in [3.05, 3.63) is 12.3 Å². The molecule has 0 spiro atoms. The van der Waals surface area contributed by atoms with Gasteiger partial charge < -0.3 is 9.84 Å². The van der Waals surface area contributed by atoms with Crippen LogP contribution in [0.5, 0.6) is 0 Å². The summed E-state index contributed by atoms with van der Waals surface area (Å²) in [6, 6.07) is 1.26. The molecule has 0 saturated heterocycles. The molecule has 0 saturated carbocycles. The third-order valence-corrected chi connectivity index (χ3v) is 0.887. The molecule has 1 heterocycles. The molecule has 60 valence electrons. The topological polar surface area (TPSA) is 55.1 Å². The van der Waals surface area contributed by atoms with Gasteiger partial charge in [-0.3, -0.25) is 4.79 Å². The maximum Gasteiger partial charge on any atom is 0.315 e. The average Bonchev–Trinajstić information content (AvgIpc) is 2.39. The molecule has 0 aromatic carbocycles. The molecule has 11 heavy (non-hydrogen) atoms. The number of carbonyl (C=O) groups is 1. The largest absolute Gasteiger partial charge is 0.363 e. The van der Waals surface area contributed by atoms with Crippen molar-refractivity contribution in [1.29, 1.82) is 0 Å². The van der Waals surface area contributed by atoms with Gasteiger partial charge in [0.25, 0.3) is 5.91 Å². The van der Waals surface area contributed by atoms with Crippen molar-refractivity contribution in [2.75, 3.05) is 5.32 Å². The Morgan fingerprint density at radius 3 is 2.91 bits per heavy atom. The van der Waals surface area contributed by atoms with E-state index in [1.165, 1.54) is 12.3 Å². The van der Waals surface area contributed by atoms with Crippen LogP contribution in [-0.2, 0) is 4.79 Å². The molecule has 0 aliphatic rings. The van der Waals surface area contributed by atoms with E-state index in [9.17, 15) is 13.6 Å². The van der Waals surface area contributed by atoms with Gasteiger partial charge in [-0.25, -0.2) is 0 Å². The number of hydrogen-bond acceptors (Lipinski definition) is 3. The van der Waals surface area contributed by atoms with Crippen molar-refractivity contribution in [3.8, 4) is 0 Å². The number of halogens is 2. The Labute approximate surface area is 60.2 Å².